The van der Waals surface area contributed by atoms with Gasteiger partial charge >= 0.3 is 0 Å². The molecule has 1 aromatic heterocycles. The molecule has 0 unspecified atom stereocenters. The largest absolute Gasteiger partial charge is 0.496 e. The predicted molar refractivity (Wildman–Crippen MR) is 122 cm³/mol. The first kappa shape index (κ1) is 22.8. The summed E-state index contributed by atoms with van der Waals surface area (Å²) in [4.78, 5) is 31.3. The molecule has 6 nitrogen and oxygen atoms in total. The van der Waals surface area contributed by atoms with E-state index in [1.165, 1.54) is 16.2 Å². The third-order valence-corrected chi connectivity index (χ3v) is 6.44. The van der Waals surface area contributed by atoms with Gasteiger partial charge in [-0.3, -0.25) is 9.59 Å². The molecule has 33 heavy (non-hydrogen) atoms. The molecule has 2 heterocycles. The van der Waals surface area contributed by atoms with Crippen LogP contribution in [-0.4, -0.2) is 41.9 Å². The molecule has 0 saturated carbocycles. The third-order valence-electron chi connectivity index (χ3n) is 5.68. The molecule has 2 aromatic carbocycles. The summed E-state index contributed by atoms with van der Waals surface area (Å²) < 4.78 is 32.5. The number of likely N-dealkylation sites (tertiary alicyclic amines) is 1. The van der Waals surface area contributed by atoms with Crippen molar-refractivity contribution in [2.45, 2.75) is 19.8 Å². The second-order valence-corrected chi connectivity index (χ2v) is 8.78. The molecular formula is C24H23F2N3O3S. The number of anilines is 1. The quantitative estimate of drug-likeness (QED) is 0.575. The number of aromatic nitrogens is 1. The van der Waals surface area contributed by atoms with Crippen molar-refractivity contribution in [1.29, 1.82) is 0 Å². The van der Waals surface area contributed by atoms with Gasteiger partial charge in [-0.1, -0.05) is 11.6 Å². The van der Waals surface area contributed by atoms with Crippen LogP contribution in [0.3, 0.4) is 0 Å². The smallest absolute Gasteiger partial charge is 0.256 e. The number of piperidine rings is 1. The zero-order valence-electron chi connectivity index (χ0n) is 18.2. The first-order valence-electron chi connectivity index (χ1n) is 10.5. The second kappa shape index (κ2) is 9.66. The van der Waals surface area contributed by atoms with Crippen molar-refractivity contribution in [3.8, 4) is 17.0 Å². The van der Waals surface area contributed by atoms with E-state index in [4.69, 9.17) is 4.74 Å². The summed E-state index contributed by atoms with van der Waals surface area (Å²) in [6.07, 6.45) is 0.897. The molecule has 4 rings (SSSR count). The van der Waals surface area contributed by atoms with Crippen LogP contribution in [0.4, 0.5) is 13.9 Å². The van der Waals surface area contributed by atoms with Gasteiger partial charge in [-0.05, 0) is 44.0 Å². The van der Waals surface area contributed by atoms with Crippen LogP contribution in [-0.2, 0) is 4.79 Å². The van der Waals surface area contributed by atoms with E-state index >= 15 is 0 Å². The van der Waals surface area contributed by atoms with Gasteiger partial charge < -0.3 is 15.0 Å². The molecule has 9 heteroatoms. The van der Waals surface area contributed by atoms with E-state index in [-0.39, 0.29) is 17.4 Å². The molecule has 1 aliphatic heterocycles. The number of halogens is 2. The van der Waals surface area contributed by atoms with Gasteiger partial charge in [-0.15, -0.1) is 11.3 Å². The highest BCUT2D eigenvalue weighted by atomic mass is 32.1. The van der Waals surface area contributed by atoms with E-state index in [0.717, 1.165) is 29.0 Å². The molecule has 0 aliphatic carbocycles. The number of hydrogen-bond acceptors (Lipinski definition) is 5. The molecular weight excluding hydrogens is 448 g/mol. The number of aryl methyl sites for hydroxylation is 1. The SMILES string of the molecule is COc1ccc(C)cc1-c1csc(NC(=O)C2CCN(C(=O)c3ccc(F)cc3F)CC2)n1. The Balaban J connectivity index is 1.36. The monoisotopic (exact) mass is 471 g/mol. The summed E-state index contributed by atoms with van der Waals surface area (Å²) in [6.45, 7) is 2.62. The number of amides is 2. The maximum atomic E-state index is 13.9. The van der Waals surface area contributed by atoms with E-state index in [0.29, 0.717) is 42.9 Å². The summed E-state index contributed by atoms with van der Waals surface area (Å²) in [5.74, 6) is -1.85. The fourth-order valence-corrected chi connectivity index (χ4v) is 4.58. The first-order chi connectivity index (χ1) is 15.9. The Labute approximate surface area is 194 Å². The van der Waals surface area contributed by atoms with E-state index in [1.807, 2.05) is 30.5 Å². The molecule has 172 valence electrons. The van der Waals surface area contributed by atoms with Crippen LogP contribution in [0.5, 0.6) is 5.75 Å². The molecule has 1 N–H and O–H groups in total. The highest BCUT2D eigenvalue weighted by Crippen LogP contribution is 2.33. The minimum absolute atomic E-state index is 0.160. The van der Waals surface area contributed by atoms with Crippen LogP contribution in [0, 0.1) is 24.5 Å². The maximum Gasteiger partial charge on any atom is 0.256 e. The van der Waals surface area contributed by atoms with Crippen LogP contribution >= 0.6 is 11.3 Å². The number of methoxy groups -OCH3 is 1. The van der Waals surface area contributed by atoms with Gasteiger partial charge in [-0.25, -0.2) is 13.8 Å². The summed E-state index contributed by atoms with van der Waals surface area (Å²) in [7, 11) is 1.60. The van der Waals surface area contributed by atoms with E-state index in [1.54, 1.807) is 7.11 Å². The molecule has 0 spiro atoms. The Bertz CT molecular complexity index is 1190. The van der Waals surface area contributed by atoms with Crippen molar-refractivity contribution in [3.05, 3.63) is 64.5 Å². The Morgan fingerprint density at radius 2 is 1.91 bits per heavy atom. The summed E-state index contributed by atoms with van der Waals surface area (Å²) in [6, 6.07) is 8.73. The molecule has 2 amide bonds. The number of carbonyl (C=O) groups is 2. The number of carbonyl (C=O) groups excluding carboxylic acids is 2. The van der Waals surface area contributed by atoms with Gasteiger partial charge in [0.25, 0.3) is 5.91 Å². The Kier molecular flexibility index (Phi) is 6.69. The van der Waals surface area contributed by atoms with Crippen molar-refractivity contribution in [2.75, 3.05) is 25.5 Å². The van der Waals surface area contributed by atoms with Gasteiger partial charge in [0.15, 0.2) is 5.13 Å². The maximum absolute atomic E-state index is 13.9. The average molecular weight is 472 g/mol. The van der Waals surface area contributed by atoms with Crippen molar-refractivity contribution in [3.63, 3.8) is 0 Å². The number of hydrogen-bond donors (Lipinski definition) is 1. The minimum Gasteiger partial charge on any atom is -0.496 e. The van der Waals surface area contributed by atoms with Crippen molar-refractivity contribution < 1.29 is 23.1 Å². The normalized spacial score (nSPS) is 14.2. The molecule has 0 bridgehead atoms. The molecule has 0 radical (unpaired) electrons. The second-order valence-electron chi connectivity index (χ2n) is 7.92. The molecule has 1 saturated heterocycles. The van der Waals surface area contributed by atoms with Crippen LogP contribution in [0.25, 0.3) is 11.3 Å². The standard InChI is InChI=1S/C24H23F2N3O3S/c1-14-3-6-21(32-2)18(11-14)20-13-33-24(27-20)28-22(30)15-7-9-29(10-8-15)23(31)17-5-4-16(25)12-19(17)26/h3-6,11-13,15H,7-10H2,1-2H3,(H,27,28,30). The van der Waals surface area contributed by atoms with E-state index in [9.17, 15) is 18.4 Å². The van der Waals surface area contributed by atoms with Gasteiger partial charge in [0.1, 0.15) is 17.4 Å². The molecule has 3 aromatic rings. The molecule has 1 aliphatic rings. The van der Waals surface area contributed by atoms with Gasteiger partial charge in [0.2, 0.25) is 5.91 Å². The Hall–Kier alpha value is -3.33. The van der Waals surface area contributed by atoms with Crippen LogP contribution in [0.2, 0.25) is 0 Å². The Morgan fingerprint density at radius 3 is 2.61 bits per heavy atom. The lowest BCUT2D eigenvalue weighted by molar-refractivity contribution is -0.121. The summed E-state index contributed by atoms with van der Waals surface area (Å²) in [5, 5.41) is 5.23. The molecule has 0 atom stereocenters. The predicted octanol–water partition coefficient (Wildman–Crippen LogP) is 4.90. The topological polar surface area (TPSA) is 71.5 Å². The lowest BCUT2D eigenvalue weighted by Crippen LogP contribution is -2.41. The summed E-state index contributed by atoms with van der Waals surface area (Å²) >= 11 is 1.33. The van der Waals surface area contributed by atoms with Gasteiger partial charge in [0.05, 0.1) is 18.4 Å². The number of rotatable bonds is 5. The third kappa shape index (κ3) is 5.03. The molecule has 1 fully saturated rings. The number of ether oxygens (including phenoxy) is 1. The van der Waals surface area contributed by atoms with Crippen LogP contribution in [0.1, 0.15) is 28.8 Å². The lowest BCUT2D eigenvalue weighted by atomic mass is 9.95. The van der Waals surface area contributed by atoms with E-state index in [2.05, 4.69) is 10.3 Å². The number of nitrogens with zero attached hydrogens (tertiary/aromatic N) is 2. The van der Waals surface area contributed by atoms with Gasteiger partial charge in [-0.2, -0.15) is 0 Å². The van der Waals surface area contributed by atoms with Crippen LogP contribution in [0.15, 0.2) is 41.8 Å². The highest BCUT2D eigenvalue weighted by Gasteiger charge is 2.29. The zero-order chi connectivity index (χ0) is 23.5. The average Bonchev–Trinajstić information content (AvgIpc) is 3.27. The number of benzene rings is 2. The fraction of sp³-hybridized carbons (Fsp3) is 0.292. The van der Waals surface area contributed by atoms with Crippen molar-refractivity contribution >= 4 is 28.3 Å². The Morgan fingerprint density at radius 1 is 1.15 bits per heavy atom. The number of thiazole rings is 1. The fourth-order valence-electron chi connectivity index (χ4n) is 3.86. The first-order valence-corrected chi connectivity index (χ1v) is 11.4. The highest BCUT2D eigenvalue weighted by molar-refractivity contribution is 7.14. The van der Waals surface area contributed by atoms with Gasteiger partial charge in [0, 0.05) is 36.0 Å². The van der Waals surface area contributed by atoms with Crippen molar-refractivity contribution in [2.24, 2.45) is 5.92 Å². The zero-order valence-corrected chi connectivity index (χ0v) is 19.0. The van der Waals surface area contributed by atoms with E-state index < -0.39 is 17.5 Å². The summed E-state index contributed by atoms with van der Waals surface area (Å²) in [5.41, 5.74) is 2.49. The lowest BCUT2D eigenvalue weighted by Gasteiger charge is -2.31. The minimum atomic E-state index is -0.885. The van der Waals surface area contributed by atoms with Crippen LogP contribution < -0.4 is 10.1 Å². The van der Waals surface area contributed by atoms with Crippen molar-refractivity contribution in [1.82, 2.24) is 9.88 Å². The number of nitrogens with one attached hydrogen (secondary N) is 1.